The zero-order chi connectivity index (χ0) is 19.7. The number of halogens is 4. The molecule has 0 aliphatic heterocycles. The topological polar surface area (TPSA) is 58.5 Å². The number of alkyl halides is 3. The molecular formula is C18H24F3IN4OS. The van der Waals surface area contributed by atoms with Crippen LogP contribution in [0.4, 0.5) is 13.2 Å². The SMILES string of the molecule is CCNC(=NCc1nc(C(F)(F)F)cs1)NCCCc1ccc(OC)cc1.I. The van der Waals surface area contributed by atoms with E-state index in [-0.39, 0.29) is 30.5 Å². The molecule has 10 heteroatoms. The number of hydrogen-bond acceptors (Lipinski definition) is 4. The Hall–Kier alpha value is -1.56. The summed E-state index contributed by atoms with van der Waals surface area (Å²) in [6, 6.07) is 7.91. The third-order valence-corrected chi connectivity index (χ3v) is 4.49. The first-order valence-electron chi connectivity index (χ1n) is 8.59. The van der Waals surface area contributed by atoms with Gasteiger partial charge in [-0.05, 0) is 37.5 Å². The highest BCUT2D eigenvalue weighted by atomic mass is 127. The lowest BCUT2D eigenvalue weighted by atomic mass is 10.1. The van der Waals surface area contributed by atoms with E-state index in [0.29, 0.717) is 24.1 Å². The van der Waals surface area contributed by atoms with Crippen LogP contribution < -0.4 is 15.4 Å². The molecule has 0 saturated carbocycles. The molecule has 1 heterocycles. The minimum Gasteiger partial charge on any atom is -0.497 e. The molecule has 0 unspecified atom stereocenters. The van der Waals surface area contributed by atoms with Gasteiger partial charge in [-0.2, -0.15) is 13.2 Å². The number of benzene rings is 1. The maximum absolute atomic E-state index is 12.6. The number of thiazole rings is 1. The van der Waals surface area contributed by atoms with Crippen LogP contribution in [0.5, 0.6) is 5.75 Å². The van der Waals surface area contributed by atoms with Gasteiger partial charge in [-0.15, -0.1) is 35.3 Å². The summed E-state index contributed by atoms with van der Waals surface area (Å²) in [5.74, 6) is 1.39. The summed E-state index contributed by atoms with van der Waals surface area (Å²) in [5, 5.41) is 7.62. The Morgan fingerprint density at radius 3 is 2.50 bits per heavy atom. The Balaban J connectivity index is 0.00000392. The second-order valence-electron chi connectivity index (χ2n) is 5.70. The van der Waals surface area contributed by atoms with Crippen LogP contribution in [0.15, 0.2) is 34.6 Å². The minimum absolute atomic E-state index is 0. The van der Waals surface area contributed by atoms with Crippen LogP contribution in [0.2, 0.25) is 0 Å². The zero-order valence-electron chi connectivity index (χ0n) is 15.7. The summed E-state index contributed by atoms with van der Waals surface area (Å²) in [6.45, 7) is 3.40. The van der Waals surface area contributed by atoms with E-state index in [9.17, 15) is 13.2 Å². The summed E-state index contributed by atoms with van der Waals surface area (Å²) in [4.78, 5) is 7.89. The molecular weight excluding hydrogens is 504 g/mol. The molecule has 0 bridgehead atoms. The number of aliphatic imine (C=N–C) groups is 1. The van der Waals surface area contributed by atoms with Gasteiger partial charge in [0.2, 0.25) is 0 Å². The second-order valence-corrected chi connectivity index (χ2v) is 6.64. The standard InChI is InChI=1S/C18H23F3N4OS.HI/c1-3-22-17(24-11-16-25-15(12-27-16)18(19,20)21)23-10-4-5-13-6-8-14(26-2)9-7-13;/h6-9,12H,3-5,10-11H2,1-2H3,(H2,22,23,24);1H. The molecule has 0 atom stereocenters. The average molecular weight is 528 g/mol. The van der Waals surface area contributed by atoms with Gasteiger partial charge >= 0.3 is 6.18 Å². The molecule has 1 aromatic carbocycles. The molecule has 2 N–H and O–H groups in total. The molecule has 0 amide bonds. The number of rotatable bonds is 8. The van der Waals surface area contributed by atoms with Gasteiger partial charge in [0.05, 0.1) is 13.7 Å². The molecule has 2 rings (SSSR count). The molecule has 0 saturated heterocycles. The van der Waals surface area contributed by atoms with Crippen LogP contribution in [0.1, 0.15) is 29.6 Å². The van der Waals surface area contributed by atoms with Crippen molar-refractivity contribution in [1.29, 1.82) is 0 Å². The molecule has 0 aliphatic carbocycles. The van der Waals surface area contributed by atoms with Gasteiger partial charge in [0.25, 0.3) is 0 Å². The quantitative estimate of drug-likeness (QED) is 0.230. The summed E-state index contributed by atoms with van der Waals surface area (Å²) in [7, 11) is 1.64. The molecule has 156 valence electrons. The highest BCUT2D eigenvalue weighted by Crippen LogP contribution is 2.30. The Kier molecular flexibility index (Phi) is 10.6. The number of nitrogens with one attached hydrogen (secondary N) is 2. The maximum Gasteiger partial charge on any atom is 0.434 e. The van der Waals surface area contributed by atoms with Gasteiger partial charge in [-0.1, -0.05) is 12.1 Å². The summed E-state index contributed by atoms with van der Waals surface area (Å²) in [6.07, 6.45) is -2.62. The first-order chi connectivity index (χ1) is 12.9. The number of guanidine groups is 1. The number of ether oxygens (including phenoxy) is 1. The van der Waals surface area contributed by atoms with Gasteiger partial charge < -0.3 is 15.4 Å². The second kappa shape index (κ2) is 12.1. The number of aromatic nitrogens is 1. The molecule has 5 nitrogen and oxygen atoms in total. The predicted molar refractivity (Wildman–Crippen MR) is 117 cm³/mol. The Morgan fingerprint density at radius 2 is 1.93 bits per heavy atom. The van der Waals surface area contributed by atoms with Gasteiger partial charge in [-0.25, -0.2) is 9.98 Å². The van der Waals surface area contributed by atoms with E-state index in [0.717, 1.165) is 35.3 Å². The number of nitrogens with zero attached hydrogens (tertiary/aromatic N) is 2. The van der Waals surface area contributed by atoms with Gasteiger partial charge in [0, 0.05) is 18.5 Å². The Morgan fingerprint density at radius 1 is 1.21 bits per heavy atom. The van der Waals surface area contributed by atoms with Crippen molar-refractivity contribution in [2.75, 3.05) is 20.2 Å². The molecule has 28 heavy (non-hydrogen) atoms. The largest absolute Gasteiger partial charge is 0.497 e. The van der Waals surface area contributed by atoms with Crippen molar-refractivity contribution in [3.8, 4) is 5.75 Å². The van der Waals surface area contributed by atoms with Crippen LogP contribution >= 0.6 is 35.3 Å². The summed E-state index contributed by atoms with van der Waals surface area (Å²) < 4.78 is 42.9. The highest BCUT2D eigenvalue weighted by Gasteiger charge is 2.33. The first kappa shape index (κ1) is 24.5. The molecule has 0 radical (unpaired) electrons. The van der Waals surface area contributed by atoms with Crippen LogP contribution in [0.3, 0.4) is 0 Å². The molecule has 0 spiro atoms. The highest BCUT2D eigenvalue weighted by molar-refractivity contribution is 14.0. The first-order valence-corrected chi connectivity index (χ1v) is 9.47. The summed E-state index contributed by atoms with van der Waals surface area (Å²) in [5.41, 5.74) is 0.345. The van der Waals surface area contributed by atoms with E-state index in [1.165, 1.54) is 5.56 Å². The van der Waals surface area contributed by atoms with Crippen molar-refractivity contribution in [3.05, 3.63) is 45.9 Å². The van der Waals surface area contributed by atoms with E-state index in [1.807, 2.05) is 31.2 Å². The van der Waals surface area contributed by atoms with E-state index >= 15 is 0 Å². The fraction of sp³-hybridized carbons (Fsp3) is 0.444. The van der Waals surface area contributed by atoms with Crippen LogP contribution in [0.25, 0.3) is 0 Å². The van der Waals surface area contributed by atoms with E-state index < -0.39 is 11.9 Å². The van der Waals surface area contributed by atoms with Crippen LogP contribution in [-0.2, 0) is 19.1 Å². The van der Waals surface area contributed by atoms with Crippen LogP contribution in [-0.4, -0.2) is 31.1 Å². The van der Waals surface area contributed by atoms with E-state index in [4.69, 9.17) is 4.74 Å². The predicted octanol–water partition coefficient (Wildman–Crippen LogP) is 4.48. The normalized spacial score (nSPS) is 11.7. The molecule has 1 aromatic heterocycles. The van der Waals surface area contributed by atoms with E-state index in [2.05, 4.69) is 20.6 Å². The fourth-order valence-corrected chi connectivity index (χ4v) is 3.02. The van der Waals surface area contributed by atoms with Crippen molar-refractivity contribution in [3.63, 3.8) is 0 Å². The monoisotopic (exact) mass is 528 g/mol. The zero-order valence-corrected chi connectivity index (χ0v) is 18.8. The van der Waals surface area contributed by atoms with Crippen molar-refractivity contribution in [2.45, 2.75) is 32.5 Å². The maximum atomic E-state index is 12.6. The third-order valence-electron chi connectivity index (χ3n) is 3.65. The average Bonchev–Trinajstić information content (AvgIpc) is 3.13. The molecule has 2 aromatic rings. The third kappa shape index (κ3) is 8.21. The smallest absolute Gasteiger partial charge is 0.434 e. The van der Waals surface area contributed by atoms with Crippen molar-refractivity contribution in [2.24, 2.45) is 4.99 Å². The van der Waals surface area contributed by atoms with Gasteiger partial charge in [0.15, 0.2) is 11.7 Å². The Bertz CT molecular complexity index is 735. The summed E-state index contributed by atoms with van der Waals surface area (Å²) >= 11 is 0.961. The van der Waals surface area contributed by atoms with Crippen molar-refractivity contribution >= 4 is 41.3 Å². The lowest BCUT2D eigenvalue weighted by Gasteiger charge is -2.11. The van der Waals surface area contributed by atoms with E-state index in [1.54, 1.807) is 7.11 Å². The number of aryl methyl sites for hydroxylation is 1. The van der Waals surface area contributed by atoms with Crippen molar-refractivity contribution < 1.29 is 17.9 Å². The molecule has 0 fully saturated rings. The molecule has 0 aliphatic rings. The lowest BCUT2D eigenvalue weighted by Crippen LogP contribution is -2.37. The van der Waals surface area contributed by atoms with Crippen molar-refractivity contribution in [1.82, 2.24) is 15.6 Å². The fourth-order valence-electron chi connectivity index (χ4n) is 2.29. The number of methoxy groups -OCH3 is 1. The van der Waals surface area contributed by atoms with Crippen LogP contribution in [0, 0.1) is 0 Å². The lowest BCUT2D eigenvalue weighted by molar-refractivity contribution is -0.140. The van der Waals surface area contributed by atoms with Gasteiger partial charge in [-0.3, -0.25) is 0 Å². The number of hydrogen-bond donors (Lipinski definition) is 2. The van der Waals surface area contributed by atoms with Gasteiger partial charge in [0.1, 0.15) is 10.8 Å². The Labute approximate surface area is 183 Å². The minimum atomic E-state index is -4.41.